The van der Waals surface area contributed by atoms with Crippen LogP contribution < -0.4 is 9.80 Å². The van der Waals surface area contributed by atoms with Crippen molar-refractivity contribution < 1.29 is 26.2 Å². The van der Waals surface area contributed by atoms with E-state index in [0.29, 0.717) is 11.4 Å². The molecule has 0 saturated carbocycles. The zero-order valence-electron chi connectivity index (χ0n) is 26.3. The summed E-state index contributed by atoms with van der Waals surface area (Å²) in [6.07, 6.45) is 1.83. The van der Waals surface area contributed by atoms with Gasteiger partial charge in [0.05, 0.1) is 11.4 Å². The number of pyridine rings is 2. The van der Waals surface area contributed by atoms with Crippen molar-refractivity contribution in [1.29, 1.82) is 0 Å². The molecule has 1 N–H and O–H groups in total. The fourth-order valence-electron chi connectivity index (χ4n) is 6.69. The molecule has 0 aliphatic carbocycles. The Bertz CT molecular complexity index is 2050. The molecule has 45 heavy (non-hydrogen) atoms. The Balaban J connectivity index is 0.00000357. The van der Waals surface area contributed by atoms with Gasteiger partial charge < -0.3 is 14.9 Å². The van der Waals surface area contributed by atoms with Crippen molar-refractivity contribution in [1.82, 2.24) is 9.97 Å². The molecule has 6 aromatic rings. The number of hydrogen-bond donors (Lipinski definition) is 1. The van der Waals surface area contributed by atoms with Gasteiger partial charge in [0.2, 0.25) is 0 Å². The number of fused-ring (bicyclic) bond motifs is 3. The zero-order chi connectivity index (χ0) is 30.7. The molecule has 228 valence electrons. The second-order valence-corrected chi connectivity index (χ2v) is 12.1. The Morgan fingerprint density at radius 2 is 1.56 bits per heavy atom. The minimum absolute atomic E-state index is 0. The van der Waals surface area contributed by atoms with Gasteiger partial charge in [-0.25, -0.2) is 4.98 Å². The van der Waals surface area contributed by atoms with Gasteiger partial charge in [0, 0.05) is 39.7 Å². The summed E-state index contributed by atoms with van der Waals surface area (Å²) in [5.41, 5.74) is 13.6. The molecule has 0 saturated heterocycles. The molecule has 0 fully saturated rings. The van der Waals surface area contributed by atoms with E-state index in [2.05, 4.69) is 106 Å². The van der Waals surface area contributed by atoms with E-state index >= 15 is 0 Å². The summed E-state index contributed by atoms with van der Waals surface area (Å²) >= 11 is 0. The molecule has 0 unspecified atom stereocenters. The molecule has 1 aliphatic rings. The van der Waals surface area contributed by atoms with Crippen molar-refractivity contribution in [2.75, 3.05) is 16.8 Å². The van der Waals surface area contributed by atoms with Gasteiger partial charge in [-0.3, -0.25) is 4.98 Å². The van der Waals surface area contributed by atoms with Crippen LogP contribution >= 0.6 is 0 Å². The van der Waals surface area contributed by atoms with Crippen LogP contribution in [0.2, 0.25) is 0 Å². The van der Waals surface area contributed by atoms with E-state index < -0.39 is 0 Å². The van der Waals surface area contributed by atoms with Crippen LogP contribution in [0, 0.1) is 26.8 Å². The van der Waals surface area contributed by atoms with Crippen molar-refractivity contribution in [3.63, 3.8) is 0 Å². The fourth-order valence-corrected chi connectivity index (χ4v) is 6.69. The number of benzene rings is 4. The second-order valence-electron chi connectivity index (χ2n) is 12.1. The summed E-state index contributed by atoms with van der Waals surface area (Å²) < 4.78 is 0. The van der Waals surface area contributed by atoms with Crippen molar-refractivity contribution in [3.05, 3.63) is 119 Å². The predicted octanol–water partition coefficient (Wildman–Crippen LogP) is 10.1. The number of hydrogen-bond acceptors (Lipinski definition) is 5. The molecule has 0 spiro atoms. The first-order valence-electron chi connectivity index (χ1n) is 15.1. The van der Waals surface area contributed by atoms with Gasteiger partial charge in [0.25, 0.3) is 0 Å². The van der Waals surface area contributed by atoms with Crippen LogP contribution in [0.4, 0.5) is 28.6 Å². The Morgan fingerprint density at radius 1 is 0.800 bits per heavy atom. The van der Waals surface area contributed by atoms with E-state index in [1.165, 1.54) is 33.4 Å². The molecule has 2 aromatic heterocycles. The molecule has 3 heterocycles. The zero-order valence-corrected chi connectivity index (χ0v) is 28.6. The number of anilines is 5. The molecular weight excluding hydrogens is 736 g/mol. The van der Waals surface area contributed by atoms with E-state index in [4.69, 9.17) is 9.97 Å². The molecule has 0 amide bonds. The molecule has 0 radical (unpaired) electrons. The minimum Gasteiger partial charge on any atom is -0.506 e. The Kier molecular flexibility index (Phi) is 8.01. The summed E-state index contributed by atoms with van der Waals surface area (Å²) in [5.74, 6) is 1.32. The van der Waals surface area contributed by atoms with Gasteiger partial charge in [-0.2, -0.15) is 0 Å². The van der Waals surface area contributed by atoms with E-state index in [9.17, 15) is 5.11 Å². The Morgan fingerprint density at radius 3 is 2.27 bits per heavy atom. The summed E-state index contributed by atoms with van der Waals surface area (Å²) in [6.45, 7) is 10.8. The van der Waals surface area contributed by atoms with E-state index in [0.717, 1.165) is 45.2 Å². The number of phenols is 1. The molecule has 4 aromatic carbocycles. The fraction of sp³-hybridized carbons (Fsp3) is 0.179. The van der Waals surface area contributed by atoms with Crippen molar-refractivity contribution in [3.8, 4) is 28.1 Å². The topological polar surface area (TPSA) is 52.5 Å². The molecule has 1 aliphatic heterocycles. The monoisotopic (exact) mass is 770 g/mol. The van der Waals surface area contributed by atoms with E-state index in [1.807, 2.05) is 36.5 Å². The number of aryl methyl sites for hydroxylation is 3. The Labute approximate surface area is 279 Å². The SMILES string of the molecule is Cc1cc(C)c(-c2ccc3c(c2)N(c2ccccn2)c2[c-]c(-c4ccc5c(C(C)C)ccc(O)c5n4)ccc2N3C)c(C)c1.[Pt]. The van der Waals surface area contributed by atoms with Crippen LogP contribution in [-0.4, -0.2) is 22.1 Å². The van der Waals surface area contributed by atoms with Crippen LogP contribution in [0.1, 0.15) is 42.0 Å². The van der Waals surface area contributed by atoms with Crippen LogP contribution in [0.3, 0.4) is 0 Å². The largest absolute Gasteiger partial charge is 0.506 e. The molecule has 0 bridgehead atoms. The Hall–Kier alpha value is -4.47. The second kappa shape index (κ2) is 11.8. The van der Waals surface area contributed by atoms with Gasteiger partial charge in [-0.05, 0) is 102 Å². The first kappa shape index (κ1) is 30.6. The standard InChI is InChI=1S/C39H35N4O.Pt/c1-23(2)29-13-17-36(44)39-30(29)12-14-31(41-39)27-10-15-32-34(21-27)43(37-9-7-8-18-40-37)35-22-28(11-16-33(35)42(32)6)38-25(4)19-24(3)20-26(38)5;/h7-20,22-23,44H,1-6H3;/q-1;. The third kappa shape index (κ3) is 5.19. The van der Waals surface area contributed by atoms with Gasteiger partial charge in [-0.1, -0.05) is 61.9 Å². The molecular formula is C39H35N4OPt-. The quantitative estimate of drug-likeness (QED) is 0.181. The maximum atomic E-state index is 10.8. The third-order valence-electron chi connectivity index (χ3n) is 8.68. The van der Waals surface area contributed by atoms with Gasteiger partial charge in [-0.15, -0.1) is 23.8 Å². The van der Waals surface area contributed by atoms with Crippen LogP contribution in [0.5, 0.6) is 5.75 Å². The van der Waals surface area contributed by atoms with Gasteiger partial charge in [0.15, 0.2) is 0 Å². The normalized spacial score (nSPS) is 12.2. The average molecular weight is 771 g/mol. The smallest absolute Gasteiger partial charge is 0.140 e. The summed E-state index contributed by atoms with van der Waals surface area (Å²) in [7, 11) is 2.10. The van der Waals surface area contributed by atoms with Crippen molar-refractivity contribution in [2.45, 2.75) is 40.5 Å². The average Bonchev–Trinajstić information content (AvgIpc) is 3.01. The minimum atomic E-state index is 0. The number of aromatic nitrogens is 2. The molecule has 7 rings (SSSR count). The van der Waals surface area contributed by atoms with Crippen molar-refractivity contribution in [2.24, 2.45) is 0 Å². The van der Waals surface area contributed by atoms with E-state index in [1.54, 1.807) is 6.07 Å². The number of rotatable bonds is 4. The maximum absolute atomic E-state index is 10.8. The molecule has 6 heteroatoms. The van der Waals surface area contributed by atoms with Gasteiger partial charge >= 0.3 is 0 Å². The van der Waals surface area contributed by atoms with Gasteiger partial charge in [0.1, 0.15) is 17.1 Å². The summed E-state index contributed by atoms with van der Waals surface area (Å²) in [6, 6.07) is 32.9. The molecule has 5 nitrogen and oxygen atoms in total. The third-order valence-corrected chi connectivity index (χ3v) is 8.68. The van der Waals surface area contributed by atoms with Crippen molar-refractivity contribution >= 4 is 39.5 Å². The van der Waals surface area contributed by atoms with Crippen LogP contribution in [0.15, 0.2) is 91.1 Å². The summed E-state index contributed by atoms with van der Waals surface area (Å²) in [4.78, 5) is 14.2. The number of aromatic hydroxyl groups is 1. The molecule has 0 atom stereocenters. The van der Waals surface area contributed by atoms with Crippen LogP contribution in [0.25, 0.3) is 33.3 Å². The number of phenolic OH excluding ortho intramolecular Hbond substituents is 1. The number of nitrogens with zero attached hydrogens (tertiary/aromatic N) is 4. The first-order valence-corrected chi connectivity index (χ1v) is 15.1. The maximum Gasteiger partial charge on any atom is 0.140 e. The first-order chi connectivity index (χ1) is 21.2. The summed E-state index contributed by atoms with van der Waals surface area (Å²) in [5, 5.41) is 11.7. The van der Waals surface area contributed by atoms with Crippen LogP contribution in [-0.2, 0) is 21.1 Å². The van der Waals surface area contributed by atoms with E-state index in [-0.39, 0.29) is 26.8 Å². The predicted molar refractivity (Wildman–Crippen MR) is 182 cm³/mol.